The van der Waals surface area contributed by atoms with Crippen molar-refractivity contribution >= 4 is 23.1 Å². The molecule has 1 unspecified atom stereocenters. The topological polar surface area (TPSA) is 57.6 Å². The van der Waals surface area contributed by atoms with E-state index in [0.717, 1.165) is 28.2 Å². The van der Waals surface area contributed by atoms with Gasteiger partial charge in [0, 0.05) is 11.3 Å². The number of aliphatic hydroxyl groups excluding tert-OH is 1. The number of ketones is 1. The summed E-state index contributed by atoms with van der Waals surface area (Å²) in [4.78, 5) is 27.8. The van der Waals surface area contributed by atoms with Crippen LogP contribution in [0, 0.1) is 13.8 Å². The summed E-state index contributed by atoms with van der Waals surface area (Å²) in [7, 11) is 0. The van der Waals surface area contributed by atoms with Gasteiger partial charge in [0.25, 0.3) is 11.7 Å². The van der Waals surface area contributed by atoms with E-state index in [1.165, 1.54) is 12.1 Å². The quantitative estimate of drug-likeness (QED) is 0.231. The van der Waals surface area contributed by atoms with Crippen molar-refractivity contribution in [1.82, 2.24) is 0 Å². The van der Waals surface area contributed by atoms with Crippen LogP contribution >= 0.6 is 0 Å². The zero-order valence-electron chi connectivity index (χ0n) is 21.3. The van der Waals surface area contributed by atoms with Gasteiger partial charge in [-0.05, 0) is 60.2 Å². The van der Waals surface area contributed by atoms with Crippen molar-refractivity contribution in [3.8, 4) is 0 Å². The molecule has 4 nitrogen and oxygen atoms in total. The normalized spacial score (nSPS) is 17.9. The van der Waals surface area contributed by atoms with E-state index in [2.05, 4.69) is 0 Å². The minimum absolute atomic E-state index is 0.0809. The second-order valence-electron chi connectivity index (χ2n) is 10.4. The van der Waals surface area contributed by atoms with E-state index in [9.17, 15) is 27.9 Å². The Labute approximate surface area is 214 Å². The van der Waals surface area contributed by atoms with Crippen LogP contribution in [0.3, 0.4) is 0 Å². The predicted octanol–water partition coefficient (Wildman–Crippen LogP) is 7.25. The number of aliphatic hydroxyl groups is 1. The van der Waals surface area contributed by atoms with Crippen molar-refractivity contribution in [2.45, 2.75) is 52.3 Å². The third kappa shape index (κ3) is 4.90. The van der Waals surface area contributed by atoms with Gasteiger partial charge in [0.2, 0.25) is 0 Å². The number of amides is 1. The summed E-state index contributed by atoms with van der Waals surface area (Å²) in [6.07, 6.45) is -4.63. The van der Waals surface area contributed by atoms with E-state index in [0.29, 0.717) is 16.7 Å². The van der Waals surface area contributed by atoms with Gasteiger partial charge in [0.1, 0.15) is 5.76 Å². The van der Waals surface area contributed by atoms with E-state index < -0.39 is 29.5 Å². The number of hydrogen-bond acceptors (Lipinski definition) is 3. The second kappa shape index (κ2) is 9.21. The van der Waals surface area contributed by atoms with E-state index >= 15 is 0 Å². The van der Waals surface area contributed by atoms with Crippen molar-refractivity contribution in [3.05, 3.63) is 106 Å². The molecule has 1 fully saturated rings. The molecule has 0 spiro atoms. The molecule has 1 saturated heterocycles. The number of halogens is 3. The van der Waals surface area contributed by atoms with Crippen LogP contribution in [0.1, 0.15) is 60.2 Å². The number of carbonyl (C=O) groups excluding carboxylic acids is 2. The Morgan fingerprint density at radius 3 is 2.16 bits per heavy atom. The molecule has 192 valence electrons. The Balaban J connectivity index is 1.99. The number of anilines is 1. The highest BCUT2D eigenvalue weighted by atomic mass is 19.4. The fourth-order valence-electron chi connectivity index (χ4n) is 4.58. The number of hydrogen-bond donors (Lipinski definition) is 1. The number of carbonyl (C=O) groups is 2. The van der Waals surface area contributed by atoms with Crippen LogP contribution in [-0.4, -0.2) is 16.8 Å². The largest absolute Gasteiger partial charge is 0.507 e. The fourth-order valence-corrected chi connectivity index (χ4v) is 4.58. The monoisotopic (exact) mass is 507 g/mol. The fraction of sp³-hybridized carbons (Fsp3) is 0.267. The summed E-state index contributed by atoms with van der Waals surface area (Å²) < 4.78 is 40.5. The zero-order valence-corrected chi connectivity index (χ0v) is 21.3. The van der Waals surface area contributed by atoms with Gasteiger partial charge < -0.3 is 5.11 Å². The summed E-state index contributed by atoms with van der Waals surface area (Å²) in [6, 6.07) is 15.8. The van der Waals surface area contributed by atoms with Crippen molar-refractivity contribution < 1.29 is 27.9 Å². The number of nitrogens with zero attached hydrogens (tertiary/aromatic N) is 1. The molecule has 0 saturated carbocycles. The van der Waals surface area contributed by atoms with Gasteiger partial charge in [-0.25, -0.2) is 0 Å². The molecule has 3 aromatic rings. The van der Waals surface area contributed by atoms with Crippen LogP contribution in [0.15, 0.2) is 72.3 Å². The van der Waals surface area contributed by atoms with E-state index in [4.69, 9.17) is 0 Å². The van der Waals surface area contributed by atoms with Crippen LogP contribution in [0.2, 0.25) is 0 Å². The summed E-state index contributed by atoms with van der Waals surface area (Å²) >= 11 is 0. The third-order valence-corrected chi connectivity index (χ3v) is 6.61. The van der Waals surface area contributed by atoms with Gasteiger partial charge in [-0.1, -0.05) is 68.8 Å². The Kier molecular flexibility index (Phi) is 6.52. The summed E-state index contributed by atoms with van der Waals surface area (Å²) in [6.45, 7) is 9.66. The molecule has 1 N–H and O–H groups in total. The lowest BCUT2D eigenvalue weighted by Crippen LogP contribution is -2.29. The maximum atomic E-state index is 13.5. The smallest absolute Gasteiger partial charge is 0.416 e. The number of alkyl halides is 3. The van der Waals surface area contributed by atoms with Crippen molar-refractivity contribution in [3.63, 3.8) is 0 Å². The van der Waals surface area contributed by atoms with Gasteiger partial charge in [0.15, 0.2) is 0 Å². The minimum Gasteiger partial charge on any atom is -0.507 e. The van der Waals surface area contributed by atoms with Crippen LogP contribution in [-0.2, 0) is 21.2 Å². The molecule has 0 aromatic heterocycles. The lowest BCUT2D eigenvalue weighted by Gasteiger charge is -2.26. The number of Topliss-reactive ketones (excluding diaryl/α,β-unsaturated/α-hetero) is 1. The molecule has 1 atom stereocenters. The second-order valence-corrected chi connectivity index (χ2v) is 10.4. The van der Waals surface area contributed by atoms with Crippen LogP contribution in [0.4, 0.5) is 18.9 Å². The van der Waals surface area contributed by atoms with E-state index in [1.807, 2.05) is 45.9 Å². The molecule has 7 heteroatoms. The zero-order chi connectivity index (χ0) is 27.3. The maximum absolute atomic E-state index is 13.5. The standard InChI is InChI=1S/C30H28F3NO3/c1-17-8-6-9-19(14-17)25-24(26(35)23-16-20(29(3,4)5)13-12-18(23)2)27(36)28(37)34(25)22-11-7-10-21(15-22)30(31,32)33/h6-16,25,35H,1-5H3/b26-24+. The SMILES string of the molecule is Cc1cccc(C2/C(=C(\O)c3cc(C(C)(C)C)ccc3C)C(=O)C(=O)N2c2cccc(C(F)(F)F)c2)c1. The summed E-state index contributed by atoms with van der Waals surface area (Å²) in [5, 5.41) is 11.5. The van der Waals surface area contributed by atoms with Gasteiger partial charge in [-0.3, -0.25) is 14.5 Å². The molecular weight excluding hydrogens is 479 g/mol. The van der Waals surface area contributed by atoms with Crippen molar-refractivity contribution in [1.29, 1.82) is 0 Å². The Bertz CT molecular complexity index is 1430. The van der Waals surface area contributed by atoms with Gasteiger partial charge in [-0.2, -0.15) is 13.2 Å². The molecule has 0 aliphatic carbocycles. The lowest BCUT2D eigenvalue weighted by atomic mass is 9.84. The highest BCUT2D eigenvalue weighted by Crippen LogP contribution is 2.44. The first kappa shape index (κ1) is 26.2. The molecule has 1 aliphatic heterocycles. The molecule has 1 aliphatic rings. The molecule has 0 radical (unpaired) electrons. The minimum atomic E-state index is -4.63. The van der Waals surface area contributed by atoms with Crippen LogP contribution in [0.25, 0.3) is 5.76 Å². The van der Waals surface area contributed by atoms with Gasteiger partial charge in [0.05, 0.1) is 17.2 Å². The van der Waals surface area contributed by atoms with E-state index in [1.54, 1.807) is 31.2 Å². The molecule has 3 aromatic carbocycles. The summed E-state index contributed by atoms with van der Waals surface area (Å²) in [5.74, 6) is -2.32. The van der Waals surface area contributed by atoms with Crippen LogP contribution < -0.4 is 4.90 Å². The highest BCUT2D eigenvalue weighted by Gasteiger charge is 2.47. The average molecular weight is 508 g/mol. The molecular formula is C30H28F3NO3. The first-order valence-corrected chi connectivity index (χ1v) is 11.9. The Hall–Kier alpha value is -3.87. The molecule has 1 heterocycles. The van der Waals surface area contributed by atoms with E-state index in [-0.39, 0.29) is 22.4 Å². The molecule has 0 bridgehead atoms. The first-order valence-electron chi connectivity index (χ1n) is 11.9. The Morgan fingerprint density at radius 1 is 0.865 bits per heavy atom. The maximum Gasteiger partial charge on any atom is 0.416 e. The highest BCUT2D eigenvalue weighted by molar-refractivity contribution is 6.51. The Morgan fingerprint density at radius 2 is 1.54 bits per heavy atom. The predicted molar refractivity (Wildman–Crippen MR) is 137 cm³/mol. The van der Waals surface area contributed by atoms with Gasteiger partial charge >= 0.3 is 6.18 Å². The lowest BCUT2D eigenvalue weighted by molar-refractivity contribution is -0.137. The average Bonchev–Trinajstić information content (AvgIpc) is 3.08. The van der Waals surface area contributed by atoms with Crippen molar-refractivity contribution in [2.24, 2.45) is 0 Å². The van der Waals surface area contributed by atoms with Crippen molar-refractivity contribution in [2.75, 3.05) is 4.90 Å². The molecule has 1 amide bonds. The van der Waals surface area contributed by atoms with Crippen LogP contribution in [0.5, 0.6) is 0 Å². The number of aryl methyl sites for hydroxylation is 2. The summed E-state index contributed by atoms with van der Waals surface area (Å²) in [5.41, 5.74) is 1.90. The third-order valence-electron chi connectivity index (χ3n) is 6.61. The number of benzene rings is 3. The first-order chi connectivity index (χ1) is 17.2. The molecule has 37 heavy (non-hydrogen) atoms. The number of rotatable bonds is 3. The molecule has 4 rings (SSSR count). The van der Waals surface area contributed by atoms with Gasteiger partial charge in [-0.15, -0.1) is 0 Å².